The Morgan fingerprint density at radius 1 is 1.11 bits per heavy atom. The number of hydrogen-bond acceptors (Lipinski definition) is 1. The molecule has 0 heterocycles. The summed E-state index contributed by atoms with van der Waals surface area (Å²) in [6.07, 6.45) is 8.74. The molecule has 0 bridgehead atoms. The Labute approximate surface area is 122 Å². The summed E-state index contributed by atoms with van der Waals surface area (Å²) in [4.78, 5) is 0. The minimum Gasteiger partial charge on any atom is -0.384 e. The molecule has 1 aromatic rings. The molecule has 1 aliphatic carbocycles. The van der Waals surface area contributed by atoms with Gasteiger partial charge in [-0.05, 0) is 55.0 Å². The Balaban J connectivity index is 2.20. The summed E-state index contributed by atoms with van der Waals surface area (Å²) >= 11 is 9.45. The van der Waals surface area contributed by atoms with Crippen LogP contribution in [0.15, 0.2) is 34.3 Å². The van der Waals surface area contributed by atoms with Crippen molar-refractivity contribution in [3.05, 3.63) is 44.9 Å². The van der Waals surface area contributed by atoms with E-state index in [1.807, 2.05) is 18.2 Å². The molecule has 18 heavy (non-hydrogen) atoms. The molecule has 0 aromatic heterocycles. The molecule has 2 rings (SSSR count). The molecule has 3 heteroatoms. The lowest BCUT2D eigenvalue weighted by Gasteiger charge is -2.18. The van der Waals surface area contributed by atoms with Crippen LogP contribution in [0.3, 0.4) is 0 Å². The fraction of sp³-hybridized carbons (Fsp3) is 0.467. The van der Waals surface area contributed by atoms with E-state index in [2.05, 4.69) is 22.0 Å². The molecule has 0 aliphatic heterocycles. The summed E-state index contributed by atoms with van der Waals surface area (Å²) in [5.74, 6) is 0. The molecular weight excluding hydrogens is 312 g/mol. The fourth-order valence-corrected chi connectivity index (χ4v) is 3.30. The van der Waals surface area contributed by atoms with Crippen molar-refractivity contribution in [3.63, 3.8) is 0 Å². The number of aliphatic hydroxyl groups excluding tert-OH is 1. The van der Waals surface area contributed by atoms with Gasteiger partial charge < -0.3 is 5.11 Å². The predicted molar refractivity (Wildman–Crippen MR) is 79.9 cm³/mol. The molecule has 0 fully saturated rings. The topological polar surface area (TPSA) is 20.2 Å². The fourth-order valence-electron chi connectivity index (χ4n) is 2.41. The van der Waals surface area contributed by atoms with Gasteiger partial charge in [0.15, 0.2) is 0 Å². The quantitative estimate of drug-likeness (QED) is 0.719. The van der Waals surface area contributed by atoms with Gasteiger partial charge in [-0.2, -0.15) is 0 Å². The second kappa shape index (κ2) is 6.74. The standard InChI is InChI=1S/C15H18BrClO/c16-13-8-12(9-14(17)10-13)15(18)11-6-4-2-1-3-5-7-11/h6,8-10,15,18H,1-5,7H2/b11-6+. The van der Waals surface area contributed by atoms with E-state index in [1.54, 1.807) is 0 Å². The maximum Gasteiger partial charge on any atom is 0.100 e. The molecule has 1 N–H and O–H groups in total. The first-order valence-corrected chi connectivity index (χ1v) is 7.67. The zero-order valence-corrected chi connectivity index (χ0v) is 12.7. The average Bonchev–Trinajstić information content (AvgIpc) is 2.26. The van der Waals surface area contributed by atoms with E-state index in [1.165, 1.54) is 25.7 Å². The molecule has 0 radical (unpaired) electrons. The van der Waals surface area contributed by atoms with Crippen molar-refractivity contribution < 1.29 is 5.11 Å². The highest BCUT2D eigenvalue weighted by Crippen LogP contribution is 2.31. The lowest BCUT2D eigenvalue weighted by atomic mass is 9.93. The molecule has 98 valence electrons. The largest absolute Gasteiger partial charge is 0.384 e. The number of allylic oxidation sites excluding steroid dienone is 1. The van der Waals surface area contributed by atoms with Gasteiger partial charge in [-0.3, -0.25) is 0 Å². The van der Waals surface area contributed by atoms with Crippen LogP contribution in [0.1, 0.15) is 50.2 Å². The molecule has 0 saturated carbocycles. The van der Waals surface area contributed by atoms with Crippen LogP contribution in [0, 0.1) is 0 Å². The Morgan fingerprint density at radius 2 is 1.89 bits per heavy atom. The van der Waals surface area contributed by atoms with Crippen LogP contribution in [0.5, 0.6) is 0 Å². The minimum atomic E-state index is -0.516. The first-order valence-electron chi connectivity index (χ1n) is 6.50. The van der Waals surface area contributed by atoms with Crippen LogP contribution >= 0.6 is 27.5 Å². The number of halogens is 2. The zero-order valence-electron chi connectivity index (χ0n) is 10.3. The predicted octanol–water partition coefficient (Wildman–Crippen LogP) is 5.42. The van der Waals surface area contributed by atoms with Gasteiger partial charge in [0.2, 0.25) is 0 Å². The van der Waals surface area contributed by atoms with Gasteiger partial charge in [0.1, 0.15) is 6.10 Å². The summed E-state index contributed by atoms with van der Waals surface area (Å²) in [5.41, 5.74) is 2.02. The van der Waals surface area contributed by atoms with Crippen molar-refractivity contribution in [2.75, 3.05) is 0 Å². The number of hydrogen-bond donors (Lipinski definition) is 1. The summed E-state index contributed by atoms with van der Waals surface area (Å²) in [5, 5.41) is 11.1. The van der Waals surface area contributed by atoms with E-state index < -0.39 is 6.10 Å². The van der Waals surface area contributed by atoms with Gasteiger partial charge in [-0.25, -0.2) is 0 Å². The van der Waals surface area contributed by atoms with E-state index in [0.29, 0.717) is 5.02 Å². The van der Waals surface area contributed by atoms with E-state index in [4.69, 9.17) is 11.6 Å². The van der Waals surface area contributed by atoms with Crippen LogP contribution in [-0.4, -0.2) is 5.11 Å². The normalized spacial score (nSPS) is 21.6. The van der Waals surface area contributed by atoms with Crippen molar-refractivity contribution in [2.24, 2.45) is 0 Å². The molecule has 0 amide bonds. The first kappa shape index (κ1) is 14.1. The van der Waals surface area contributed by atoms with Crippen molar-refractivity contribution >= 4 is 27.5 Å². The molecule has 0 spiro atoms. The van der Waals surface area contributed by atoms with Gasteiger partial charge in [-0.15, -0.1) is 0 Å². The Kier molecular flexibility index (Phi) is 5.28. The highest BCUT2D eigenvalue weighted by atomic mass is 79.9. The Hall–Kier alpha value is -0.310. The monoisotopic (exact) mass is 328 g/mol. The van der Waals surface area contributed by atoms with E-state index in [9.17, 15) is 5.11 Å². The van der Waals surface area contributed by atoms with Gasteiger partial charge in [-0.1, -0.05) is 46.4 Å². The SMILES string of the molecule is OC(/C1=C/CCCCCC1)c1cc(Cl)cc(Br)c1. The minimum absolute atomic E-state index is 0.516. The highest BCUT2D eigenvalue weighted by molar-refractivity contribution is 9.10. The number of aliphatic hydroxyl groups is 1. The van der Waals surface area contributed by atoms with E-state index in [0.717, 1.165) is 28.5 Å². The van der Waals surface area contributed by atoms with Crippen LogP contribution < -0.4 is 0 Å². The van der Waals surface area contributed by atoms with Gasteiger partial charge in [0.05, 0.1) is 0 Å². The Morgan fingerprint density at radius 3 is 2.67 bits per heavy atom. The summed E-state index contributed by atoms with van der Waals surface area (Å²) in [6.45, 7) is 0. The van der Waals surface area contributed by atoms with Gasteiger partial charge in [0, 0.05) is 9.50 Å². The van der Waals surface area contributed by atoms with E-state index >= 15 is 0 Å². The van der Waals surface area contributed by atoms with Crippen LogP contribution in [-0.2, 0) is 0 Å². The molecule has 1 atom stereocenters. The molecule has 1 aliphatic rings. The van der Waals surface area contributed by atoms with Gasteiger partial charge >= 0.3 is 0 Å². The van der Waals surface area contributed by atoms with Crippen molar-refractivity contribution in [2.45, 2.75) is 44.6 Å². The third-order valence-electron chi connectivity index (χ3n) is 3.38. The molecule has 1 unspecified atom stereocenters. The maximum atomic E-state index is 10.5. The lowest BCUT2D eigenvalue weighted by Crippen LogP contribution is -2.03. The third kappa shape index (κ3) is 3.84. The smallest absolute Gasteiger partial charge is 0.100 e. The molecular formula is C15H18BrClO. The lowest BCUT2D eigenvalue weighted by molar-refractivity contribution is 0.209. The zero-order chi connectivity index (χ0) is 13.0. The first-order chi connectivity index (χ1) is 8.66. The van der Waals surface area contributed by atoms with Crippen molar-refractivity contribution in [3.8, 4) is 0 Å². The molecule has 1 aromatic carbocycles. The van der Waals surface area contributed by atoms with Crippen LogP contribution in [0.4, 0.5) is 0 Å². The second-order valence-corrected chi connectivity index (χ2v) is 6.19. The Bertz CT molecular complexity index is 422. The molecule has 1 nitrogen and oxygen atoms in total. The second-order valence-electron chi connectivity index (χ2n) is 4.84. The summed E-state index contributed by atoms with van der Waals surface area (Å²) < 4.78 is 0.912. The van der Waals surface area contributed by atoms with Crippen LogP contribution in [0.2, 0.25) is 5.02 Å². The van der Waals surface area contributed by atoms with E-state index in [-0.39, 0.29) is 0 Å². The highest BCUT2D eigenvalue weighted by Gasteiger charge is 2.15. The number of rotatable bonds is 2. The van der Waals surface area contributed by atoms with Crippen molar-refractivity contribution in [1.29, 1.82) is 0 Å². The summed E-state index contributed by atoms with van der Waals surface area (Å²) in [7, 11) is 0. The van der Waals surface area contributed by atoms with Crippen LogP contribution in [0.25, 0.3) is 0 Å². The van der Waals surface area contributed by atoms with Crippen molar-refractivity contribution in [1.82, 2.24) is 0 Å². The average molecular weight is 330 g/mol. The summed E-state index contributed by atoms with van der Waals surface area (Å²) in [6, 6.07) is 5.62. The molecule has 0 saturated heterocycles. The van der Waals surface area contributed by atoms with Gasteiger partial charge in [0.25, 0.3) is 0 Å². The number of benzene rings is 1. The maximum absolute atomic E-state index is 10.5. The third-order valence-corrected chi connectivity index (χ3v) is 4.05.